The minimum Gasteiger partial charge on any atom is -0.390 e. The third kappa shape index (κ3) is 2.05. The van der Waals surface area contributed by atoms with Crippen molar-refractivity contribution < 1.29 is 4.92 Å². The first-order chi connectivity index (χ1) is 6.00. The fourth-order valence-corrected chi connectivity index (χ4v) is 0.740. The van der Waals surface area contributed by atoms with E-state index in [9.17, 15) is 10.1 Å². The Hall–Kier alpha value is -1.85. The molecule has 1 aromatic rings. The summed E-state index contributed by atoms with van der Waals surface area (Å²) in [5.41, 5.74) is 0.577. The molecular weight excluding hydrogens is 172 g/mol. The van der Waals surface area contributed by atoms with Gasteiger partial charge < -0.3 is 10.1 Å². The lowest BCUT2D eigenvalue weighted by Crippen LogP contribution is -2.03. The Kier molecular flexibility index (Phi) is 2.32. The van der Waals surface area contributed by atoms with E-state index in [2.05, 4.69) is 21.5 Å². The third-order valence-corrected chi connectivity index (χ3v) is 1.28. The standard InChI is InChI=1S/C7H8N4O2/c1-4(2)6-8-5(3)9-7(10-6)11(12)13/h1H2,2-3H3. The Morgan fingerprint density at radius 1 is 1.46 bits per heavy atom. The maximum absolute atomic E-state index is 10.4. The molecule has 0 unspecified atom stereocenters. The van der Waals surface area contributed by atoms with Gasteiger partial charge in [-0.15, -0.1) is 0 Å². The van der Waals surface area contributed by atoms with Crippen LogP contribution in [0.2, 0.25) is 0 Å². The maximum Gasteiger partial charge on any atom is 0.472 e. The van der Waals surface area contributed by atoms with E-state index in [-0.39, 0.29) is 5.82 Å². The van der Waals surface area contributed by atoms with E-state index in [1.165, 1.54) is 0 Å². The minimum atomic E-state index is -0.652. The van der Waals surface area contributed by atoms with E-state index < -0.39 is 10.9 Å². The predicted molar refractivity (Wildman–Crippen MR) is 45.9 cm³/mol. The largest absolute Gasteiger partial charge is 0.472 e. The van der Waals surface area contributed by atoms with Crippen LogP contribution in [-0.2, 0) is 0 Å². The van der Waals surface area contributed by atoms with Crippen molar-refractivity contribution in [2.75, 3.05) is 0 Å². The highest BCUT2D eigenvalue weighted by Crippen LogP contribution is 2.09. The number of rotatable bonds is 2. The van der Waals surface area contributed by atoms with E-state index in [0.717, 1.165) is 0 Å². The smallest absolute Gasteiger partial charge is 0.390 e. The van der Waals surface area contributed by atoms with Gasteiger partial charge in [0.15, 0.2) is 0 Å². The average molecular weight is 180 g/mol. The van der Waals surface area contributed by atoms with Crippen molar-refractivity contribution in [1.29, 1.82) is 0 Å². The number of nitro groups is 1. The summed E-state index contributed by atoms with van der Waals surface area (Å²) in [4.78, 5) is 20.8. The van der Waals surface area contributed by atoms with Crippen LogP contribution in [-0.4, -0.2) is 19.9 Å². The lowest BCUT2D eigenvalue weighted by atomic mass is 10.3. The Morgan fingerprint density at radius 3 is 2.54 bits per heavy atom. The van der Waals surface area contributed by atoms with Crippen LogP contribution in [0, 0.1) is 17.0 Å². The van der Waals surface area contributed by atoms with Gasteiger partial charge in [-0.05, 0) is 16.8 Å². The second-order valence-corrected chi connectivity index (χ2v) is 2.54. The van der Waals surface area contributed by atoms with Gasteiger partial charge >= 0.3 is 5.95 Å². The molecule has 6 nitrogen and oxygen atoms in total. The minimum absolute atomic E-state index is 0.263. The molecule has 0 aromatic carbocycles. The van der Waals surface area contributed by atoms with Crippen LogP contribution in [0.1, 0.15) is 18.6 Å². The van der Waals surface area contributed by atoms with Gasteiger partial charge in [0.05, 0.1) is 0 Å². The molecule has 0 radical (unpaired) electrons. The third-order valence-electron chi connectivity index (χ3n) is 1.28. The molecular formula is C7H8N4O2. The predicted octanol–water partition coefficient (Wildman–Crippen LogP) is 1.12. The lowest BCUT2D eigenvalue weighted by molar-refractivity contribution is -0.394. The topological polar surface area (TPSA) is 81.8 Å². The number of allylic oxidation sites excluding steroid dienone is 1. The molecule has 0 saturated carbocycles. The Bertz CT molecular complexity index is 343. The molecule has 0 aliphatic heterocycles. The van der Waals surface area contributed by atoms with Crippen molar-refractivity contribution in [2.45, 2.75) is 13.8 Å². The second-order valence-electron chi connectivity index (χ2n) is 2.54. The van der Waals surface area contributed by atoms with Crippen molar-refractivity contribution in [3.63, 3.8) is 0 Å². The monoisotopic (exact) mass is 180 g/mol. The summed E-state index contributed by atoms with van der Waals surface area (Å²) in [6, 6.07) is 0. The normalized spacial score (nSPS) is 9.69. The maximum atomic E-state index is 10.4. The van der Waals surface area contributed by atoms with Crippen LogP contribution in [0.3, 0.4) is 0 Å². The number of hydrogen-bond acceptors (Lipinski definition) is 5. The zero-order valence-electron chi connectivity index (χ0n) is 7.31. The Balaban J connectivity index is 3.26. The summed E-state index contributed by atoms with van der Waals surface area (Å²) >= 11 is 0. The quantitative estimate of drug-likeness (QED) is 0.503. The molecule has 1 aromatic heterocycles. The van der Waals surface area contributed by atoms with Gasteiger partial charge in [0.2, 0.25) is 11.6 Å². The first kappa shape index (κ1) is 9.24. The van der Waals surface area contributed by atoms with Gasteiger partial charge in [-0.1, -0.05) is 11.6 Å². The summed E-state index contributed by atoms with van der Waals surface area (Å²) in [5, 5.41) is 10.4. The van der Waals surface area contributed by atoms with Crippen LogP contribution in [0.25, 0.3) is 5.57 Å². The summed E-state index contributed by atoms with van der Waals surface area (Å²) < 4.78 is 0. The molecule has 1 rings (SSSR count). The van der Waals surface area contributed by atoms with Crippen LogP contribution in [0.4, 0.5) is 5.95 Å². The molecule has 0 saturated heterocycles. The molecule has 6 heteroatoms. The molecule has 0 aliphatic rings. The number of nitrogens with zero attached hydrogens (tertiary/aromatic N) is 4. The summed E-state index contributed by atoms with van der Waals surface area (Å²) in [6.07, 6.45) is 0. The first-order valence-electron chi connectivity index (χ1n) is 3.53. The van der Waals surface area contributed by atoms with Crippen LogP contribution in [0.15, 0.2) is 6.58 Å². The van der Waals surface area contributed by atoms with Crippen molar-refractivity contribution in [3.8, 4) is 0 Å². The summed E-state index contributed by atoms with van der Waals surface area (Å²) in [6.45, 7) is 6.84. The Labute approximate surface area is 74.5 Å². The summed E-state index contributed by atoms with van der Waals surface area (Å²) in [7, 11) is 0. The molecule has 0 N–H and O–H groups in total. The molecule has 13 heavy (non-hydrogen) atoms. The molecule has 1 heterocycles. The van der Waals surface area contributed by atoms with E-state index in [1.807, 2.05) is 0 Å². The fourth-order valence-electron chi connectivity index (χ4n) is 0.740. The molecule has 0 spiro atoms. The molecule has 0 fully saturated rings. The van der Waals surface area contributed by atoms with Crippen LogP contribution < -0.4 is 0 Å². The van der Waals surface area contributed by atoms with Crippen LogP contribution in [0.5, 0.6) is 0 Å². The van der Waals surface area contributed by atoms with Crippen molar-refractivity contribution in [2.24, 2.45) is 0 Å². The van der Waals surface area contributed by atoms with Crippen molar-refractivity contribution in [3.05, 3.63) is 28.3 Å². The van der Waals surface area contributed by atoms with E-state index in [4.69, 9.17) is 0 Å². The molecule has 0 bridgehead atoms. The molecule has 68 valence electrons. The zero-order chi connectivity index (χ0) is 10.0. The molecule has 0 atom stereocenters. The van der Waals surface area contributed by atoms with E-state index >= 15 is 0 Å². The van der Waals surface area contributed by atoms with Gasteiger partial charge in [0.1, 0.15) is 0 Å². The molecule has 0 aliphatic carbocycles. The summed E-state index contributed by atoms with van der Waals surface area (Å²) in [5.74, 6) is 0.143. The van der Waals surface area contributed by atoms with Gasteiger partial charge in [-0.2, -0.15) is 4.98 Å². The highest BCUT2D eigenvalue weighted by atomic mass is 16.6. The van der Waals surface area contributed by atoms with Gasteiger partial charge in [-0.25, -0.2) is 0 Å². The SMILES string of the molecule is C=C(C)c1nc(C)nc([N+](=O)[O-])n1. The molecule has 0 amide bonds. The average Bonchev–Trinajstić information content (AvgIpc) is 2.03. The fraction of sp³-hybridized carbons (Fsp3) is 0.286. The van der Waals surface area contributed by atoms with Crippen LogP contribution >= 0.6 is 0 Å². The number of hydrogen-bond donors (Lipinski definition) is 0. The van der Waals surface area contributed by atoms with E-state index in [1.54, 1.807) is 13.8 Å². The number of aryl methyl sites for hydroxylation is 1. The highest BCUT2D eigenvalue weighted by molar-refractivity contribution is 5.54. The van der Waals surface area contributed by atoms with Crippen molar-refractivity contribution in [1.82, 2.24) is 15.0 Å². The Morgan fingerprint density at radius 2 is 2.08 bits per heavy atom. The first-order valence-corrected chi connectivity index (χ1v) is 3.53. The lowest BCUT2D eigenvalue weighted by Gasteiger charge is -1.95. The second kappa shape index (κ2) is 3.26. The highest BCUT2D eigenvalue weighted by Gasteiger charge is 2.14. The van der Waals surface area contributed by atoms with Gasteiger partial charge in [0, 0.05) is 12.5 Å². The van der Waals surface area contributed by atoms with Crippen molar-refractivity contribution >= 4 is 11.5 Å². The number of aromatic nitrogens is 3. The van der Waals surface area contributed by atoms with E-state index in [0.29, 0.717) is 11.4 Å². The van der Waals surface area contributed by atoms with Gasteiger partial charge in [0.25, 0.3) is 0 Å². The van der Waals surface area contributed by atoms with Gasteiger partial charge in [-0.3, -0.25) is 0 Å². The zero-order valence-corrected chi connectivity index (χ0v) is 7.31.